The van der Waals surface area contributed by atoms with Crippen molar-refractivity contribution in [3.63, 3.8) is 0 Å². The second kappa shape index (κ2) is 8.96. The monoisotopic (exact) mass is 228 g/mol. The van der Waals surface area contributed by atoms with Crippen molar-refractivity contribution in [3.8, 4) is 0 Å². The van der Waals surface area contributed by atoms with E-state index in [2.05, 4.69) is 29.7 Å². The fourth-order valence-corrected chi connectivity index (χ4v) is 1.18. The molecule has 0 fully saturated rings. The molecule has 0 spiro atoms. The van der Waals surface area contributed by atoms with Gasteiger partial charge >= 0.3 is 0 Å². The Bertz CT molecular complexity index is 215. The third-order valence-corrected chi connectivity index (χ3v) is 2.28. The Kier molecular flexibility index (Phi) is 8.24. The van der Waals surface area contributed by atoms with E-state index >= 15 is 0 Å². The van der Waals surface area contributed by atoms with Gasteiger partial charge < -0.3 is 16.0 Å². The zero-order valence-corrected chi connectivity index (χ0v) is 10.5. The normalized spacial score (nSPS) is 13.3. The van der Waals surface area contributed by atoms with E-state index in [4.69, 9.17) is 11.1 Å². The molecule has 0 aromatic carbocycles. The van der Waals surface area contributed by atoms with Gasteiger partial charge in [-0.1, -0.05) is 6.92 Å². The van der Waals surface area contributed by atoms with Crippen LogP contribution >= 0.6 is 0 Å². The van der Waals surface area contributed by atoms with Crippen molar-refractivity contribution in [2.24, 2.45) is 10.8 Å². The van der Waals surface area contributed by atoms with Crippen molar-refractivity contribution in [2.45, 2.75) is 32.7 Å². The van der Waals surface area contributed by atoms with Crippen molar-refractivity contribution in [2.75, 3.05) is 20.1 Å². The number of nitrogens with one attached hydrogen (secondary N) is 3. The number of guanidine groups is 1. The summed E-state index contributed by atoms with van der Waals surface area (Å²) in [7, 11) is 1.89. The van der Waals surface area contributed by atoms with Gasteiger partial charge in [-0.15, -0.1) is 5.10 Å². The van der Waals surface area contributed by atoms with Gasteiger partial charge in [0.15, 0.2) is 0 Å². The summed E-state index contributed by atoms with van der Waals surface area (Å²) in [6.45, 7) is 6.20. The molecule has 0 saturated carbocycles. The van der Waals surface area contributed by atoms with E-state index in [1.807, 2.05) is 11.9 Å². The number of hydrogen-bond acceptors (Lipinski definition) is 3. The predicted molar refractivity (Wildman–Crippen MR) is 68.5 cm³/mol. The first kappa shape index (κ1) is 14.7. The molecule has 0 aromatic heterocycles. The molecule has 0 rings (SSSR count). The second-order valence-corrected chi connectivity index (χ2v) is 3.81. The van der Waals surface area contributed by atoms with Crippen LogP contribution in [0.1, 0.15) is 26.7 Å². The number of rotatable bonds is 8. The molecule has 94 valence electrons. The molecule has 0 bridgehead atoms. The lowest BCUT2D eigenvalue weighted by molar-refractivity contribution is 0.420. The zero-order chi connectivity index (χ0) is 12.4. The van der Waals surface area contributed by atoms with Crippen LogP contribution in [-0.2, 0) is 0 Å². The van der Waals surface area contributed by atoms with Crippen LogP contribution in [0.15, 0.2) is 5.10 Å². The number of nitrogens with zero attached hydrogens (tertiary/aromatic N) is 2. The molecule has 0 aliphatic rings. The van der Waals surface area contributed by atoms with Gasteiger partial charge in [0.05, 0.1) is 6.34 Å². The van der Waals surface area contributed by atoms with Crippen LogP contribution in [0.2, 0.25) is 0 Å². The van der Waals surface area contributed by atoms with E-state index in [0.29, 0.717) is 12.0 Å². The molecule has 5 N–H and O–H groups in total. The lowest BCUT2D eigenvalue weighted by Gasteiger charge is -2.20. The summed E-state index contributed by atoms with van der Waals surface area (Å²) >= 11 is 0. The molecule has 0 aromatic rings. The molecule has 0 heterocycles. The number of hydrogen-bond donors (Lipinski definition) is 4. The zero-order valence-electron chi connectivity index (χ0n) is 10.5. The Balaban J connectivity index is 3.78. The van der Waals surface area contributed by atoms with Crippen molar-refractivity contribution >= 4 is 12.3 Å². The largest absolute Gasteiger partial charge is 0.368 e. The van der Waals surface area contributed by atoms with E-state index in [9.17, 15) is 0 Å². The first-order chi connectivity index (χ1) is 7.61. The lowest BCUT2D eigenvalue weighted by atomic mass is 10.2. The van der Waals surface area contributed by atoms with E-state index in [-0.39, 0.29) is 0 Å². The first-order valence-corrected chi connectivity index (χ1v) is 5.64. The molecule has 1 atom stereocenters. The molecular formula is C10H24N6. The van der Waals surface area contributed by atoms with Crippen LogP contribution in [0, 0.1) is 5.41 Å². The van der Waals surface area contributed by atoms with Crippen LogP contribution in [0.25, 0.3) is 0 Å². The average Bonchev–Trinajstić information content (AvgIpc) is 2.30. The number of nitrogens with two attached hydrogens (primary N) is 1. The Morgan fingerprint density at radius 3 is 2.88 bits per heavy atom. The van der Waals surface area contributed by atoms with Crippen LogP contribution in [0.4, 0.5) is 0 Å². The van der Waals surface area contributed by atoms with E-state index in [0.717, 1.165) is 32.3 Å². The highest BCUT2D eigenvalue weighted by atomic mass is 15.4. The van der Waals surface area contributed by atoms with Gasteiger partial charge in [-0.2, -0.15) is 0 Å². The van der Waals surface area contributed by atoms with Crippen LogP contribution in [-0.4, -0.2) is 43.4 Å². The van der Waals surface area contributed by atoms with Crippen LogP contribution < -0.4 is 16.5 Å². The van der Waals surface area contributed by atoms with E-state index < -0.39 is 0 Å². The molecule has 16 heavy (non-hydrogen) atoms. The highest BCUT2D eigenvalue weighted by Gasteiger charge is 2.05. The maximum atomic E-state index is 6.76. The summed E-state index contributed by atoms with van der Waals surface area (Å²) in [5.41, 5.74) is 8.08. The lowest BCUT2D eigenvalue weighted by Crippen LogP contribution is -2.38. The minimum absolute atomic E-state index is 0.395. The minimum atomic E-state index is 0.395. The van der Waals surface area contributed by atoms with Gasteiger partial charge in [0.1, 0.15) is 0 Å². The van der Waals surface area contributed by atoms with E-state index in [1.165, 1.54) is 0 Å². The maximum absolute atomic E-state index is 6.76. The van der Waals surface area contributed by atoms with Gasteiger partial charge in [-0.25, -0.2) is 0 Å². The average molecular weight is 228 g/mol. The Morgan fingerprint density at radius 1 is 1.62 bits per heavy atom. The van der Waals surface area contributed by atoms with Crippen LogP contribution in [0.3, 0.4) is 0 Å². The van der Waals surface area contributed by atoms with Gasteiger partial charge in [0.2, 0.25) is 5.96 Å². The number of hydrazone groups is 1. The Labute approximate surface area is 97.8 Å². The Hall–Kier alpha value is -1.30. The van der Waals surface area contributed by atoms with Crippen molar-refractivity contribution in [3.05, 3.63) is 0 Å². The second-order valence-electron chi connectivity index (χ2n) is 3.81. The molecule has 0 radical (unpaired) electrons. The van der Waals surface area contributed by atoms with Gasteiger partial charge in [-0.3, -0.25) is 10.8 Å². The Morgan fingerprint density at radius 2 is 2.31 bits per heavy atom. The molecule has 0 aliphatic heterocycles. The highest BCUT2D eigenvalue weighted by Crippen LogP contribution is 1.94. The summed E-state index contributed by atoms with van der Waals surface area (Å²) in [5, 5.41) is 14.0. The smallest absolute Gasteiger partial charge is 0.213 e. The van der Waals surface area contributed by atoms with Crippen molar-refractivity contribution < 1.29 is 0 Å². The molecule has 0 amide bonds. The highest BCUT2D eigenvalue weighted by molar-refractivity contribution is 5.78. The summed E-state index contributed by atoms with van der Waals surface area (Å²) in [6, 6.07) is 0.478. The molecule has 0 aliphatic carbocycles. The topological polar surface area (TPSA) is 89.5 Å². The summed E-state index contributed by atoms with van der Waals surface area (Å²) in [4.78, 5) is 1.86. The molecular weight excluding hydrogens is 204 g/mol. The third-order valence-electron chi connectivity index (χ3n) is 2.28. The quantitative estimate of drug-likeness (QED) is 0.270. The molecule has 1 unspecified atom stereocenters. The summed E-state index contributed by atoms with van der Waals surface area (Å²) in [5.74, 6) is 0.395. The molecule has 0 saturated heterocycles. The fraction of sp³-hybridized carbons (Fsp3) is 0.800. The van der Waals surface area contributed by atoms with Gasteiger partial charge in [0.25, 0.3) is 0 Å². The molecule has 6 heteroatoms. The van der Waals surface area contributed by atoms with E-state index in [1.54, 1.807) is 0 Å². The predicted octanol–water partition coefficient (Wildman–Crippen LogP) is 0.123. The first-order valence-electron chi connectivity index (χ1n) is 5.64. The van der Waals surface area contributed by atoms with Crippen molar-refractivity contribution in [1.29, 1.82) is 5.41 Å². The standard InChI is InChI=1S/C10H24N6/c1-4-6-13-9(2)5-7-16(3)10(12)15-14-8-11/h8-9,13H,4-7H2,1-3H3,(H2,11,14)(H2,12,15). The minimum Gasteiger partial charge on any atom is -0.368 e. The fourth-order valence-electron chi connectivity index (χ4n) is 1.18. The van der Waals surface area contributed by atoms with Crippen LogP contribution in [0.5, 0.6) is 0 Å². The summed E-state index contributed by atoms with van der Waals surface area (Å²) in [6.07, 6.45) is 3.15. The SMILES string of the molecule is CCCNC(C)CCN(C)C(N)=NNC=N. The summed E-state index contributed by atoms with van der Waals surface area (Å²) < 4.78 is 0. The van der Waals surface area contributed by atoms with Crippen molar-refractivity contribution in [1.82, 2.24) is 15.6 Å². The van der Waals surface area contributed by atoms with Gasteiger partial charge in [-0.05, 0) is 26.3 Å². The molecule has 6 nitrogen and oxygen atoms in total. The third kappa shape index (κ3) is 7.05. The maximum Gasteiger partial charge on any atom is 0.213 e. The van der Waals surface area contributed by atoms with Gasteiger partial charge in [0, 0.05) is 19.6 Å².